The number of fused-ring (bicyclic) bond motifs is 9. The molecule has 42 heavy (non-hydrogen) atoms. The molecule has 0 unspecified atom stereocenters. The van der Waals surface area contributed by atoms with Crippen molar-refractivity contribution in [1.29, 1.82) is 0 Å². The average molecular weight is 535 g/mol. The number of nitrogens with zero attached hydrogens (tertiary/aromatic N) is 2. The molecule has 196 valence electrons. The van der Waals surface area contributed by atoms with E-state index in [0.29, 0.717) is 0 Å². The van der Waals surface area contributed by atoms with Crippen molar-refractivity contribution >= 4 is 54.4 Å². The maximum Gasteiger partial charge on any atom is 0.0640 e. The maximum absolute atomic E-state index is 2.47. The first kappa shape index (κ1) is 23.1. The average Bonchev–Trinajstić information content (AvgIpc) is 3.59. The van der Waals surface area contributed by atoms with E-state index in [4.69, 9.17) is 0 Å². The van der Waals surface area contributed by atoms with Crippen LogP contribution in [-0.4, -0.2) is 9.13 Å². The van der Waals surface area contributed by atoms with E-state index in [1.54, 1.807) is 0 Å². The zero-order valence-electron chi connectivity index (χ0n) is 22.9. The molecular weight excluding hydrogens is 508 g/mol. The number of hydrogen-bond acceptors (Lipinski definition) is 0. The Bertz CT molecular complexity index is 2420. The highest BCUT2D eigenvalue weighted by Gasteiger charge is 2.20. The van der Waals surface area contributed by atoms with Gasteiger partial charge >= 0.3 is 0 Å². The van der Waals surface area contributed by atoms with E-state index in [2.05, 4.69) is 167 Å². The number of aromatic nitrogens is 2. The lowest BCUT2D eigenvalue weighted by molar-refractivity contribution is 1.17. The van der Waals surface area contributed by atoms with Crippen LogP contribution in [0.4, 0.5) is 0 Å². The van der Waals surface area contributed by atoms with Gasteiger partial charge in [-0.3, -0.25) is 0 Å². The normalized spacial score (nSPS) is 11.8. The molecule has 9 aromatic rings. The zero-order valence-corrected chi connectivity index (χ0v) is 22.9. The van der Waals surface area contributed by atoms with Crippen LogP contribution >= 0.6 is 0 Å². The molecule has 2 aromatic heterocycles. The molecule has 0 aliphatic rings. The molecule has 9 rings (SSSR count). The summed E-state index contributed by atoms with van der Waals surface area (Å²) in [6, 6.07) is 57.1. The number of rotatable bonds is 3. The largest absolute Gasteiger partial charge is 0.309 e. The highest BCUT2D eigenvalue weighted by Crippen LogP contribution is 2.43. The van der Waals surface area contributed by atoms with Gasteiger partial charge in [-0.05, 0) is 52.9 Å². The Morgan fingerprint density at radius 1 is 0.310 bits per heavy atom. The highest BCUT2D eigenvalue weighted by atomic mass is 15.0. The van der Waals surface area contributed by atoms with Crippen LogP contribution in [0.2, 0.25) is 0 Å². The van der Waals surface area contributed by atoms with Crippen LogP contribution in [0.15, 0.2) is 158 Å². The molecule has 7 aromatic carbocycles. The molecule has 0 radical (unpaired) electrons. The van der Waals surface area contributed by atoms with Crippen molar-refractivity contribution in [3.8, 4) is 22.5 Å². The highest BCUT2D eigenvalue weighted by molar-refractivity contribution is 6.28. The molecule has 0 amide bonds. The summed E-state index contributed by atoms with van der Waals surface area (Å²) in [6.45, 7) is 0. The van der Waals surface area contributed by atoms with E-state index in [1.807, 2.05) is 0 Å². The van der Waals surface area contributed by atoms with Gasteiger partial charge < -0.3 is 9.13 Å². The van der Waals surface area contributed by atoms with E-state index in [-0.39, 0.29) is 0 Å². The minimum absolute atomic E-state index is 1.16. The lowest BCUT2D eigenvalue weighted by Crippen LogP contribution is -1.97. The predicted octanol–water partition coefficient (Wildman–Crippen LogP) is 10.7. The van der Waals surface area contributed by atoms with E-state index in [0.717, 1.165) is 5.69 Å². The number of hydrogen-bond donors (Lipinski definition) is 0. The molecule has 2 heterocycles. The van der Waals surface area contributed by atoms with Crippen molar-refractivity contribution in [2.24, 2.45) is 0 Å². The molecule has 2 heteroatoms. The topological polar surface area (TPSA) is 9.86 Å². The first-order chi connectivity index (χ1) is 20.9. The van der Waals surface area contributed by atoms with Gasteiger partial charge in [-0.1, -0.05) is 121 Å². The molecule has 2 nitrogen and oxygen atoms in total. The Kier molecular flexibility index (Phi) is 4.93. The Hall–Kier alpha value is -5.60. The number of para-hydroxylation sites is 3. The summed E-state index contributed by atoms with van der Waals surface area (Å²) >= 11 is 0. The monoisotopic (exact) mass is 534 g/mol. The van der Waals surface area contributed by atoms with E-state index < -0.39 is 0 Å². The molecule has 0 aliphatic carbocycles. The quantitative estimate of drug-likeness (QED) is 0.213. The second-order valence-electron chi connectivity index (χ2n) is 11.0. The molecule has 0 N–H and O–H groups in total. The Labute approximate surface area is 243 Å². The Morgan fingerprint density at radius 3 is 1.33 bits per heavy atom. The molecule has 0 aliphatic heterocycles. The summed E-state index contributed by atoms with van der Waals surface area (Å²) in [5, 5.41) is 7.58. The zero-order chi connectivity index (χ0) is 27.6. The second-order valence-corrected chi connectivity index (χ2v) is 11.0. The van der Waals surface area contributed by atoms with Gasteiger partial charge in [0.2, 0.25) is 0 Å². The van der Waals surface area contributed by atoms with Crippen molar-refractivity contribution in [2.45, 2.75) is 0 Å². The smallest absolute Gasteiger partial charge is 0.0640 e. The summed E-state index contributed by atoms with van der Waals surface area (Å²) in [7, 11) is 0. The van der Waals surface area contributed by atoms with Gasteiger partial charge in [0.25, 0.3) is 0 Å². The Morgan fingerprint density at radius 2 is 0.762 bits per heavy atom. The van der Waals surface area contributed by atoms with Crippen LogP contribution in [0.5, 0.6) is 0 Å². The van der Waals surface area contributed by atoms with Gasteiger partial charge in [0.05, 0.1) is 22.1 Å². The fraction of sp³-hybridized carbons (Fsp3) is 0. The van der Waals surface area contributed by atoms with Gasteiger partial charge in [0.1, 0.15) is 0 Å². The summed E-state index contributed by atoms with van der Waals surface area (Å²) in [5.74, 6) is 0. The molecule has 0 saturated heterocycles. The standard InChI is InChI=1S/C40H26N2/c1-3-11-27(12-4-1)28-19-23-31(24-20-28)42-37-18-10-8-16-33(37)35-26-22-29-21-25-34-32-15-7-9-17-36(32)41(30-13-5-2-6-14-30)39(34)38(29)40(35)42/h1-26H. The minimum Gasteiger partial charge on any atom is -0.309 e. The van der Waals surface area contributed by atoms with Gasteiger partial charge in [-0.25, -0.2) is 0 Å². The van der Waals surface area contributed by atoms with Crippen LogP contribution in [0.3, 0.4) is 0 Å². The van der Waals surface area contributed by atoms with Gasteiger partial charge in [0.15, 0.2) is 0 Å². The lowest BCUT2D eigenvalue weighted by atomic mass is 10.0. The van der Waals surface area contributed by atoms with Crippen LogP contribution in [0.1, 0.15) is 0 Å². The van der Waals surface area contributed by atoms with Gasteiger partial charge in [-0.2, -0.15) is 0 Å². The molecule has 0 fully saturated rings. The summed E-state index contributed by atoms with van der Waals surface area (Å²) in [4.78, 5) is 0. The first-order valence-corrected chi connectivity index (χ1v) is 14.5. The Balaban J connectivity index is 1.46. The fourth-order valence-electron chi connectivity index (χ4n) is 6.86. The second kappa shape index (κ2) is 8.95. The third-order valence-electron chi connectivity index (χ3n) is 8.70. The predicted molar refractivity (Wildman–Crippen MR) is 178 cm³/mol. The lowest BCUT2D eigenvalue weighted by Gasteiger charge is -2.14. The minimum atomic E-state index is 1.16. The van der Waals surface area contributed by atoms with E-state index in [9.17, 15) is 0 Å². The number of benzene rings is 7. The van der Waals surface area contributed by atoms with Crippen LogP contribution < -0.4 is 0 Å². The van der Waals surface area contributed by atoms with Gasteiger partial charge in [0, 0.05) is 38.3 Å². The third-order valence-corrected chi connectivity index (χ3v) is 8.70. The van der Waals surface area contributed by atoms with Gasteiger partial charge in [-0.15, -0.1) is 0 Å². The van der Waals surface area contributed by atoms with Crippen molar-refractivity contribution < 1.29 is 0 Å². The summed E-state index contributed by atoms with van der Waals surface area (Å²) < 4.78 is 4.92. The van der Waals surface area contributed by atoms with Crippen LogP contribution in [-0.2, 0) is 0 Å². The maximum atomic E-state index is 2.47. The molecular formula is C40H26N2. The summed E-state index contributed by atoms with van der Waals surface area (Å²) in [6.07, 6.45) is 0. The SMILES string of the molecule is c1ccc(-c2ccc(-n3c4ccccc4c4ccc5ccc6c7ccccc7n(-c7ccccc7)c6c5c43)cc2)cc1. The molecule has 0 spiro atoms. The van der Waals surface area contributed by atoms with Crippen LogP contribution in [0, 0.1) is 0 Å². The molecule has 0 bridgehead atoms. The molecule has 0 atom stereocenters. The van der Waals surface area contributed by atoms with Crippen molar-refractivity contribution in [3.63, 3.8) is 0 Å². The van der Waals surface area contributed by atoms with E-state index >= 15 is 0 Å². The van der Waals surface area contributed by atoms with E-state index in [1.165, 1.54) is 71.2 Å². The molecule has 0 saturated carbocycles. The third kappa shape index (κ3) is 3.27. The van der Waals surface area contributed by atoms with Crippen LogP contribution in [0.25, 0.3) is 76.9 Å². The first-order valence-electron chi connectivity index (χ1n) is 14.5. The van der Waals surface area contributed by atoms with Crippen molar-refractivity contribution in [2.75, 3.05) is 0 Å². The fourth-order valence-corrected chi connectivity index (χ4v) is 6.86. The van der Waals surface area contributed by atoms with Crippen molar-refractivity contribution in [1.82, 2.24) is 9.13 Å². The summed E-state index contributed by atoms with van der Waals surface area (Å²) in [5.41, 5.74) is 9.70. The van der Waals surface area contributed by atoms with Crippen molar-refractivity contribution in [3.05, 3.63) is 158 Å².